The molecule has 3 rings (SSSR count). The van der Waals surface area contributed by atoms with E-state index in [0.29, 0.717) is 17.4 Å². The van der Waals surface area contributed by atoms with Gasteiger partial charge in [0.2, 0.25) is 0 Å². The molecule has 5 heteroatoms. The first-order valence-corrected chi connectivity index (χ1v) is 4.93. The van der Waals surface area contributed by atoms with Gasteiger partial charge >= 0.3 is 0 Å². The Kier molecular flexibility index (Phi) is 1.71. The van der Waals surface area contributed by atoms with Gasteiger partial charge in [-0.15, -0.1) is 10.2 Å². The van der Waals surface area contributed by atoms with Crippen molar-refractivity contribution in [2.75, 3.05) is 0 Å². The number of H-pyrrole nitrogens is 1. The van der Waals surface area contributed by atoms with Crippen LogP contribution < -0.4 is 5.43 Å². The van der Waals surface area contributed by atoms with Crippen LogP contribution in [0.15, 0.2) is 29.6 Å². The van der Waals surface area contributed by atoms with Crippen LogP contribution in [0, 0.1) is 0 Å². The van der Waals surface area contributed by atoms with E-state index >= 15 is 0 Å². The molecular weight excluding hydrogens is 192 g/mol. The van der Waals surface area contributed by atoms with Crippen LogP contribution in [0.2, 0.25) is 0 Å². The van der Waals surface area contributed by atoms with Gasteiger partial charge in [0, 0.05) is 24.5 Å². The fourth-order valence-electron chi connectivity index (χ4n) is 1.65. The molecule has 0 radical (unpaired) electrons. The van der Waals surface area contributed by atoms with E-state index in [4.69, 9.17) is 0 Å². The number of hydrogen-bond donors (Lipinski definition) is 1. The lowest BCUT2D eigenvalue weighted by Crippen LogP contribution is -2.07. The van der Waals surface area contributed by atoms with Gasteiger partial charge in [0.25, 0.3) is 0 Å². The summed E-state index contributed by atoms with van der Waals surface area (Å²) in [5.41, 5.74) is 0.561. The smallest absolute Gasteiger partial charge is 0.192 e. The van der Waals surface area contributed by atoms with Crippen molar-refractivity contribution in [2.24, 2.45) is 0 Å². The maximum absolute atomic E-state index is 11.6. The number of nitrogens with zero attached hydrogens (tertiary/aromatic N) is 3. The van der Waals surface area contributed by atoms with E-state index in [1.807, 2.05) is 4.57 Å². The zero-order chi connectivity index (χ0) is 10.3. The van der Waals surface area contributed by atoms with Gasteiger partial charge in [-0.3, -0.25) is 4.79 Å². The first-order chi connectivity index (χ1) is 7.36. The van der Waals surface area contributed by atoms with Crippen molar-refractivity contribution in [1.29, 1.82) is 0 Å². The Bertz CT molecular complexity index is 538. The SMILES string of the molecule is O=c1cc[nH]cc1-c1nncn1C1CC1. The lowest BCUT2D eigenvalue weighted by Gasteiger charge is -2.02. The van der Waals surface area contributed by atoms with Crippen LogP contribution in [0.5, 0.6) is 0 Å². The molecule has 76 valence electrons. The largest absolute Gasteiger partial charge is 0.367 e. The number of aromatic nitrogens is 4. The molecule has 1 fully saturated rings. The second-order valence-electron chi connectivity index (χ2n) is 3.72. The Labute approximate surface area is 85.8 Å². The van der Waals surface area contributed by atoms with Crippen LogP contribution in [0.3, 0.4) is 0 Å². The molecule has 1 N–H and O–H groups in total. The monoisotopic (exact) mass is 202 g/mol. The molecule has 1 aliphatic carbocycles. The number of rotatable bonds is 2. The van der Waals surface area contributed by atoms with Crippen LogP contribution >= 0.6 is 0 Å². The fourth-order valence-corrected chi connectivity index (χ4v) is 1.65. The third-order valence-electron chi connectivity index (χ3n) is 2.58. The van der Waals surface area contributed by atoms with E-state index in [9.17, 15) is 4.79 Å². The summed E-state index contributed by atoms with van der Waals surface area (Å²) in [6, 6.07) is 1.98. The summed E-state index contributed by atoms with van der Waals surface area (Å²) in [5, 5.41) is 7.86. The Morgan fingerprint density at radius 2 is 2.33 bits per heavy atom. The van der Waals surface area contributed by atoms with Crippen molar-refractivity contribution in [3.63, 3.8) is 0 Å². The number of hydrogen-bond acceptors (Lipinski definition) is 3. The van der Waals surface area contributed by atoms with Gasteiger partial charge in [-0.1, -0.05) is 0 Å². The van der Waals surface area contributed by atoms with Gasteiger partial charge in [0.1, 0.15) is 6.33 Å². The van der Waals surface area contributed by atoms with E-state index < -0.39 is 0 Å². The highest BCUT2D eigenvalue weighted by molar-refractivity contribution is 5.53. The summed E-state index contributed by atoms with van der Waals surface area (Å²) in [7, 11) is 0. The van der Waals surface area contributed by atoms with Crippen LogP contribution in [-0.4, -0.2) is 19.7 Å². The third-order valence-corrected chi connectivity index (χ3v) is 2.58. The highest BCUT2D eigenvalue weighted by atomic mass is 16.1. The summed E-state index contributed by atoms with van der Waals surface area (Å²) in [5.74, 6) is 0.666. The van der Waals surface area contributed by atoms with Crippen LogP contribution in [0.4, 0.5) is 0 Å². The minimum absolute atomic E-state index is 0.0244. The Hall–Kier alpha value is -1.91. The second kappa shape index (κ2) is 3.05. The molecule has 0 bridgehead atoms. The topological polar surface area (TPSA) is 63.6 Å². The minimum Gasteiger partial charge on any atom is -0.367 e. The van der Waals surface area contributed by atoms with Crippen molar-refractivity contribution in [1.82, 2.24) is 19.7 Å². The lowest BCUT2D eigenvalue weighted by molar-refractivity contribution is 0.745. The van der Waals surface area contributed by atoms with Crippen molar-refractivity contribution in [2.45, 2.75) is 18.9 Å². The van der Waals surface area contributed by atoms with Crippen LogP contribution in [-0.2, 0) is 0 Å². The average molecular weight is 202 g/mol. The molecule has 0 amide bonds. The van der Waals surface area contributed by atoms with E-state index in [-0.39, 0.29) is 5.43 Å². The molecule has 2 heterocycles. The van der Waals surface area contributed by atoms with Crippen LogP contribution in [0.1, 0.15) is 18.9 Å². The predicted molar refractivity (Wildman–Crippen MR) is 54.3 cm³/mol. The molecule has 5 nitrogen and oxygen atoms in total. The van der Waals surface area contributed by atoms with Gasteiger partial charge in [-0.25, -0.2) is 0 Å². The molecule has 2 aromatic heterocycles. The summed E-state index contributed by atoms with van der Waals surface area (Å²) < 4.78 is 1.98. The Morgan fingerprint density at radius 3 is 3.07 bits per heavy atom. The van der Waals surface area contributed by atoms with Gasteiger partial charge in [-0.2, -0.15) is 0 Å². The average Bonchev–Trinajstić information content (AvgIpc) is 2.98. The molecule has 0 aliphatic heterocycles. The molecule has 0 saturated heterocycles. The van der Waals surface area contributed by atoms with Crippen molar-refractivity contribution >= 4 is 0 Å². The summed E-state index contributed by atoms with van der Waals surface area (Å²) >= 11 is 0. The molecular formula is C10H10N4O. The van der Waals surface area contributed by atoms with E-state index in [1.54, 1.807) is 18.7 Å². The summed E-state index contributed by atoms with van der Waals surface area (Å²) in [6.45, 7) is 0. The molecule has 0 unspecified atom stereocenters. The maximum Gasteiger partial charge on any atom is 0.192 e. The minimum atomic E-state index is -0.0244. The first kappa shape index (κ1) is 8.40. The predicted octanol–water partition coefficient (Wildman–Crippen LogP) is 0.968. The van der Waals surface area contributed by atoms with Crippen molar-refractivity contribution < 1.29 is 0 Å². The maximum atomic E-state index is 11.6. The Balaban J connectivity index is 2.16. The normalized spacial score (nSPS) is 15.5. The Morgan fingerprint density at radius 1 is 1.47 bits per heavy atom. The number of aromatic amines is 1. The molecule has 0 atom stereocenters. The van der Waals surface area contributed by atoms with E-state index in [1.165, 1.54) is 6.07 Å². The first-order valence-electron chi connectivity index (χ1n) is 4.93. The van der Waals surface area contributed by atoms with Crippen molar-refractivity contribution in [3.8, 4) is 11.4 Å². The van der Waals surface area contributed by atoms with E-state index in [2.05, 4.69) is 15.2 Å². The quantitative estimate of drug-likeness (QED) is 0.789. The molecule has 1 aliphatic rings. The second-order valence-corrected chi connectivity index (χ2v) is 3.72. The van der Waals surface area contributed by atoms with Gasteiger partial charge in [0.05, 0.1) is 5.56 Å². The van der Waals surface area contributed by atoms with Gasteiger partial charge < -0.3 is 9.55 Å². The molecule has 2 aromatic rings. The molecule has 15 heavy (non-hydrogen) atoms. The lowest BCUT2D eigenvalue weighted by atomic mass is 10.2. The van der Waals surface area contributed by atoms with Crippen molar-refractivity contribution in [3.05, 3.63) is 35.0 Å². The standard InChI is InChI=1S/C10H10N4O/c15-9-3-4-11-5-8(9)10-13-12-6-14(10)7-1-2-7/h3-7H,1-2H2,(H,11,15). The number of pyridine rings is 1. The van der Waals surface area contributed by atoms with E-state index in [0.717, 1.165) is 12.8 Å². The summed E-state index contributed by atoms with van der Waals surface area (Å²) in [4.78, 5) is 14.5. The van der Waals surface area contributed by atoms with Crippen LogP contribution in [0.25, 0.3) is 11.4 Å². The third kappa shape index (κ3) is 1.36. The molecule has 1 saturated carbocycles. The highest BCUT2D eigenvalue weighted by Gasteiger charge is 2.27. The zero-order valence-electron chi connectivity index (χ0n) is 8.05. The highest BCUT2D eigenvalue weighted by Crippen LogP contribution is 2.36. The van der Waals surface area contributed by atoms with Gasteiger partial charge in [0.15, 0.2) is 11.3 Å². The molecule has 0 aromatic carbocycles. The zero-order valence-corrected chi connectivity index (χ0v) is 8.05. The van der Waals surface area contributed by atoms with Gasteiger partial charge in [-0.05, 0) is 12.8 Å². The number of nitrogens with one attached hydrogen (secondary N) is 1. The summed E-state index contributed by atoms with van der Waals surface area (Å²) in [6.07, 6.45) is 7.28. The fraction of sp³-hybridized carbons (Fsp3) is 0.300. The molecule has 0 spiro atoms.